The van der Waals surface area contributed by atoms with Crippen molar-refractivity contribution in [3.05, 3.63) is 60.3 Å². The lowest BCUT2D eigenvalue weighted by Gasteiger charge is -2.26. The van der Waals surface area contributed by atoms with Crippen LogP contribution in [0.5, 0.6) is 0 Å². The van der Waals surface area contributed by atoms with Crippen molar-refractivity contribution in [3.63, 3.8) is 0 Å². The maximum atomic E-state index is 12.6. The van der Waals surface area contributed by atoms with Gasteiger partial charge in [0.15, 0.2) is 17.8 Å². The number of carbonyl (C=O) groups is 1. The number of rotatable bonds is 5. The van der Waals surface area contributed by atoms with Gasteiger partial charge in [0, 0.05) is 12.2 Å². The third-order valence-electron chi connectivity index (χ3n) is 4.57. The molecule has 1 saturated heterocycles. The van der Waals surface area contributed by atoms with Crippen LogP contribution < -0.4 is 5.32 Å². The first-order chi connectivity index (χ1) is 12.8. The van der Waals surface area contributed by atoms with Gasteiger partial charge in [0.1, 0.15) is 0 Å². The summed E-state index contributed by atoms with van der Waals surface area (Å²) in [7, 11) is 0. The number of piperidine rings is 1. The summed E-state index contributed by atoms with van der Waals surface area (Å²) in [5, 5.41) is 2.90. The van der Waals surface area contributed by atoms with Gasteiger partial charge >= 0.3 is 0 Å². The Balaban J connectivity index is 1.47. The first-order valence-corrected chi connectivity index (χ1v) is 8.89. The number of hydrogen-bond acceptors (Lipinski definition) is 5. The van der Waals surface area contributed by atoms with Crippen LogP contribution in [0.25, 0.3) is 11.5 Å². The lowest BCUT2D eigenvalue weighted by molar-refractivity contribution is 0.102. The number of carbonyl (C=O) groups excluding carboxylic acids is 1. The van der Waals surface area contributed by atoms with Gasteiger partial charge in [-0.2, -0.15) is 0 Å². The Hall–Kier alpha value is -2.86. The van der Waals surface area contributed by atoms with Crippen LogP contribution in [0.2, 0.25) is 0 Å². The fourth-order valence-corrected chi connectivity index (χ4v) is 3.30. The molecular formula is C20H21N3O3. The van der Waals surface area contributed by atoms with Crippen molar-refractivity contribution in [3.8, 4) is 11.5 Å². The minimum atomic E-state index is -0.319. The van der Waals surface area contributed by atoms with Crippen molar-refractivity contribution in [2.75, 3.05) is 18.4 Å². The smallest absolute Gasteiger partial charge is 0.278 e. The van der Waals surface area contributed by atoms with E-state index in [2.05, 4.69) is 21.3 Å². The SMILES string of the molecule is O=C(Nc1cccc(CN2CCCCC2)c1)c1ncoc1-c1ccco1. The standard InChI is InChI=1S/C20H21N3O3/c24-20(18-19(26-14-21-18)17-8-5-11-25-17)22-16-7-4-6-15(12-16)13-23-9-2-1-3-10-23/h4-8,11-12,14H,1-3,9-10,13H2,(H,22,24). The van der Waals surface area contributed by atoms with E-state index in [0.29, 0.717) is 11.5 Å². The Kier molecular flexibility index (Phi) is 4.84. The monoisotopic (exact) mass is 351 g/mol. The van der Waals surface area contributed by atoms with Gasteiger partial charge in [-0.15, -0.1) is 0 Å². The minimum absolute atomic E-state index is 0.210. The Morgan fingerprint density at radius 1 is 1.12 bits per heavy atom. The number of nitrogens with one attached hydrogen (secondary N) is 1. The highest BCUT2D eigenvalue weighted by atomic mass is 16.4. The first-order valence-electron chi connectivity index (χ1n) is 8.89. The molecule has 3 heterocycles. The van der Waals surface area contributed by atoms with Crippen molar-refractivity contribution >= 4 is 11.6 Å². The van der Waals surface area contributed by atoms with Crippen LogP contribution in [0.15, 0.2) is 57.9 Å². The molecule has 0 bridgehead atoms. The molecular weight excluding hydrogens is 330 g/mol. The van der Waals surface area contributed by atoms with Crippen molar-refractivity contribution in [2.24, 2.45) is 0 Å². The molecule has 1 aromatic carbocycles. The van der Waals surface area contributed by atoms with E-state index in [0.717, 1.165) is 25.3 Å². The summed E-state index contributed by atoms with van der Waals surface area (Å²) in [4.78, 5) is 19.1. The molecule has 0 unspecified atom stereocenters. The molecule has 0 radical (unpaired) electrons. The van der Waals surface area contributed by atoms with Crippen LogP contribution in [0, 0.1) is 0 Å². The van der Waals surface area contributed by atoms with E-state index < -0.39 is 0 Å². The van der Waals surface area contributed by atoms with Crippen LogP contribution in [-0.2, 0) is 6.54 Å². The molecule has 4 rings (SSSR count). The van der Waals surface area contributed by atoms with Crippen LogP contribution in [0.1, 0.15) is 35.3 Å². The maximum Gasteiger partial charge on any atom is 0.278 e. The second-order valence-electron chi connectivity index (χ2n) is 6.50. The van der Waals surface area contributed by atoms with E-state index in [4.69, 9.17) is 8.83 Å². The molecule has 1 amide bonds. The summed E-state index contributed by atoms with van der Waals surface area (Å²) < 4.78 is 10.6. The summed E-state index contributed by atoms with van der Waals surface area (Å²) in [6.45, 7) is 3.19. The third-order valence-corrected chi connectivity index (χ3v) is 4.57. The van der Waals surface area contributed by atoms with Crippen LogP contribution in [-0.4, -0.2) is 28.9 Å². The van der Waals surface area contributed by atoms with Crippen molar-refractivity contribution in [2.45, 2.75) is 25.8 Å². The highest BCUT2D eigenvalue weighted by Gasteiger charge is 2.20. The first kappa shape index (κ1) is 16.6. The van der Waals surface area contributed by atoms with Crippen molar-refractivity contribution in [1.29, 1.82) is 0 Å². The summed E-state index contributed by atoms with van der Waals surface area (Å²) >= 11 is 0. The molecule has 0 aliphatic carbocycles. The van der Waals surface area contributed by atoms with E-state index in [1.54, 1.807) is 12.1 Å². The number of likely N-dealkylation sites (tertiary alicyclic amines) is 1. The average molecular weight is 351 g/mol. The Morgan fingerprint density at radius 3 is 2.81 bits per heavy atom. The lowest BCUT2D eigenvalue weighted by Crippen LogP contribution is -2.29. The molecule has 134 valence electrons. The quantitative estimate of drug-likeness (QED) is 0.747. The van der Waals surface area contributed by atoms with Gasteiger partial charge in [0.2, 0.25) is 5.76 Å². The van der Waals surface area contributed by atoms with E-state index in [1.807, 2.05) is 18.2 Å². The lowest BCUT2D eigenvalue weighted by atomic mass is 10.1. The maximum absolute atomic E-state index is 12.6. The molecule has 6 nitrogen and oxygen atoms in total. The number of oxazole rings is 1. The van der Waals surface area contributed by atoms with Gasteiger partial charge in [0.25, 0.3) is 5.91 Å². The van der Waals surface area contributed by atoms with E-state index >= 15 is 0 Å². The molecule has 1 aliphatic heterocycles. The average Bonchev–Trinajstić information content (AvgIpc) is 3.34. The number of anilines is 1. The number of aromatic nitrogens is 1. The Morgan fingerprint density at radius 2 is 2.00 bits per heavy atom. The number of furan rings is 1. The van der Waals surface area contributed by atoms with Gasteiger partial charge in [-0.3, -0.25) is 9.69 Å². The zero-order chi connectivity index (χ0) is 17.8. The second kappa shape index (κ2) is 7.58. The zero-order valence-electron chi connectivity index (χ0n) is 14.5. The molecule has 0 saturated carbocycles. The molecule has 26 heavy (non-hydrogen) atoms. The summed E-state index contributed by atoms with van der Waals surface area (Å²) in [5.74, 6) is 0.490. The van der Waals surface area contributed by atoms with Gasteiger partial charge in [-0.1, -0.05) is 18.6 Å². The molecule has 1 aliphatic rings. The Bertz CT molecular complexity index is 864. The molecule has 1 N–H and O–H groups in total. The molecule has 3 aromatic rings. The topological polar surface area (TPSA) is 71.5 Å². The normalized spacial score (nSPS) is 15.1. The predicted molar refractivity (Wildman–Crippen MR) is 97.7 cm³/mol. The van der Waals surface area contributed by atoms with Crippen LogP contribution in [0.3, 0.4) is 0 Å². The van der Waals surface area contributed by atoms with Crippen molar-refractivity contribution in [1.82, 2.24) is 9.88 Å². The highest BCUT2D eigenvalue weighted by Crippen LogP contribution is 2.24. The van der Waals surface area contributed by atoms with Gasteiger partial charge in [-0.25, -0.2) is 4.98 Å². The highest BCUT2D eigenvalue weighted by molar-refractivity contribution is 6.06. The minimum Gasteiger partial charge on any atom is -0.461 e. The fourth-order valence-electron chi connectivity index (χ4n) is 3.30. The summed E-state index contributed by atoms with van der Waals surface area (Å²) in [6, 6.07) is 11.4. The molecule has 1 fully saturated rings. The summed E-state index contributed by atoms with van der Waals surface area (Å²) in [5.41, 5.74) is 2.15. The molecule has 0 spiro atoms. The van der Waals surface area contributed by atoms with Gasteiger partial charge in [-0.05, 0) is 55.8 Å². The van der Waals surface area contributed by atoms with E-state index in [9.17, 15) is 4.79 Å². The molecule has 0 atom stereocenters. The van der Waals surface area contributed by atoms with Crippen molar-refractivity contribution < 1.29 is 13.6 Å². The van der Waals surface area contributed by atoms with Gasteiger partial charge < -0.3 is 14.2 Å². The van der Waals surface area contributed by atoms with Gasteiger partial charge in [0.05, 0.1) is 6.26 Å². The zero-order valence-corrected chi connectivity index (χ0v) is 14.5. The third kappa shape index (κ3) is 3.70. The second-order valence-corrected chi connectivity index (χ2v) is 6.50. The largest absolute Gasteiger partial charge is 0.461 e. The molecule has 6 heteroatoms. The van der Waals surface area contributed by atoms with E-state index in [1.165, 1.54) is 37.5 Å². The molecule has 2 aromatic heterocycles. The number of hydrogen-bond donors (Lipinski definition) is 1. The predicted octanol–water partition coefficient (Wildman–Crippen LogP) is 4.17. The van der Waals surface area contributed by atoms with E-state index in [-0.39, 0.29) is 11.6 Å². The number of amides is 1. The Labute approximate surface area is 151 Å². The number of nitrogens with zero attached hydrogens (tertiary/aromatic N) is 2. The number of benzene rings is 1. The fraction of sp³-hybridized carbons (Fsp3) is 0.300. The van der Waals surface area contributed by atoms with Crippen LogP contribution >= 0.6 is 0 Å². The van der Waals surface area contributed by atoms with Crippen LogP contribution in [0.4, 0.5) is 5.69 Å². The summed E-state index contributed by atoms with van der Waals surface area (Å²) in [6.07, 6.45) is 6.63.